The second-order valence-corrected chi connectivity index (χ2v) is 5.34. The molecule has 17 heavy (non-hydrogen) atoms. The molecular formula is C13H17F3O. The van der Waals surface area contributed by atoms with Gasteiger partial charge in [0, 0.05) is 0 Å². The first kappa shape index (κ1) is 14.0. The van der Waals surface area contributed by atoms with Crippen molar-refractivity contribution in [3.63, 3.8) is 0 Å². The van der Waals surface area contributed by atoms with Crippen molar-refractivity contribution in [3.05, 3.63) is 34.9 Å². The molecule has 0 amide bonds. The summed E-state index contributed by atoms with van der Waals surface area (Å²) in [5.41, 5.74) is -0.0718. The maximum atomic E-state index is 12.5. The quantitative estimate of drug-likeness (QED) is 0.791. The Morgan fingerprint density at radius 2 is 1.65 bits per heavy atom. The Kier molecular flexibility index (Phi) is 3.58. The lowest BCUT2D eigenvalue weighted by atomic mass is 9.83. The van der Waals surface area contributed by atoms with Gasteiger partial charge in [-0.25, -0.2) is 0 Å². The molecule has 0 heterocycles. The van der Waals surface area contributed by atoms with Crippen LogP contribution in [0.5, 0.6) is 0 Å². The van der Waals surface area contributed by atoms with Crippen LogP contribution in [0.4, 0.5) is 13.2 Å². The molecule has 0 saturated carbocycles. The van der Waals surface area contributed by atoms with Crippen LogP contribution < -0.4 is 0 Å². The third-order valence-electron chi connectivity index (χ3n) is 2.71. The molecule has 0 saturated heterocycles. The van der Waals surface area contributed by atoms with E-state index >= 15 is 0 Å². The van der Waals surface area contributed by atoms with E-state index in [1.54, 1.807) is 6.92 Å². The molecule has 0 aliphatic heterocycles. The van der Waals surface area contributed by atoms with E-state index in [2.05, 4.69) is 0 Å². The Hall–Kier alpha value is -1.03. The van der Waals surface area contributed by atoms with Crippen LogP contribution >= 0.6 is 0 Å². The number of aliphatic hydroxyl groups excluding tert-OH is 1. The van der Waals surface area contributed by atoms with Crippen molar-refractivity contribution in [1.29, 1.82) is 0 Å². The summed E-state index contributed by atoms with van der Waals surface area (Å²) < 4.78 is 37.4. The van der Waals surface area contributed by atoms with Gasteiger partial charge >= 0.3 is 6.18 Å². The zero-order chi connectivity index (χ0) is 13.4. The normalized spacial score (nSPS) is 14.8. The van der Waals surface area contributed by atoms with Gasteiger partial charge in [-0.2, -0.15) is 13.2 Å². The number of alkyl halides is 3. The van der Waals surface area contributed by atoms with Gasteiger partial charge in [-0.15, -0.1) is 0 Å². The van der Waals surface area contributed by atoms with Crippen LogP contribution in [-0.2, 0) is 6.18 Å². The molecule has 0 radical (unpaired) electrons. The largest absolute Gasteiger partial charge is 0.416 e. The van der Waals surface area contributed by atoms with Gasteiger partial charge in [-0.3, -0.25) is 0 Å². The Morgan fingerprint density at radius 3 is 2.00 bits per heavy atom. The summed E-state index contributed by atoms with van der Waals surface area (Å²) in [5, 5.41) is 10.1. The minimum atomic E-state index is -4.34. The molecule has 0 aromatic heterocycles. The Labute approximate surface area is 99.3 Å². The number of hydrogen-bond acceptors (Lipinski definition) is 1. The van der Waals surface area contributed by atoms with E-state index in [4.69, 9.17) is 0 Å². The summed E-state index contributed by atoms with van der Waals surface area (Å²) >= 11 is 0. The first-order chi connectivity index (χ1) is 7.53. The highest BCUT2D eigenvalue weighted by Crippen LogP contribution is 2.36. The number of hydrogen-bond donors (Lipinski definition) is 1. The van der Waals surface area contributed by atoms with Gasteiger partial charge in [0.15, 0.2) is 0 Å². The van der Waals surface area contributed by atoms with Gasteiger partial charge in [0.05, 0.1) is 11.7 Å². The molecule has 0 spiro atoms. The van der Waals surface area contributed by atoms with Gasteiger partial charge in [0.1, 0.15) is 0 Å². The Morgan fingerprint density at radius 1 is 1.12 bits per heavy atom. The van der Waals surface area contributed by atoms with Crippen LogP contribution in [0, 0.1) is 12.3 Å². The van der Waals surface area contributed by atoms with Gasteiger partial charge in [-0.05, 0) is 35.6 Å². The molecule has 96 valence electrons. The number of benzene rings is 1. The number of aryl methyl sites for hydroxylation is 1. The Bertz CT molecular complexity index is 402. The smallest absolute Gasteiger partial charge is 0.388 e. The van der Waals surface area contributed by atoms with E-state index in [0.717, 1.165) is 12.1 Å². The molecule has 0 aliphatic rings. The molecule has 1 rings (SSSR count). The van der Waals surface area contributed by atoms with Crippen molar-refractivity contribution >= 4 is 0 Å². The molecule has 4 heteroatoms. The highest BCUT2D eigenvalue weighted by molar-refractivity contribution is 5.34. The SMILES string of the molecule is Cc1cc(C(F)(F)F)ccc1C(O)C(C)(C)C. The van der Waals surface area contributed by atoms with Gasteiger partial charge in [0.2, 0.25) is 0 Å². The van der Waals surface area contributed by atoms with Crippen molar-refractivity contribution in [2.75, 3.05) is 0 Å². The first-order valence-electron chi connectivity index (χ1n) is 5.39. The Balaban J connectivity index is 3.15. The molecule has 0 bridgehead atoms. The standard InChI is InChI=1S/C13H17F3O/c1-8-7-9(13(14,15)16)5-6-10(8)11(17)12(2,3)4/h5-7,11,17H,1-4H3. The maximum absolute atomic E-state index is 12.5. The minimum absolute atomic E-state index is 0.398. The van der Waals surface area contributed by atoms with E-state index in [1.807, 2.05) is 20.8 Å². The summed E-state index contributed by atoms with van der Waals surface area (Å²) in [7, 11) is 0. The summed E-state index contributed by atoms with van der Waals surface area (Å²) in [6, 6.07) is 3.44. The molecule has 1 unspecified atom stereocenters. The van der Waals surface area contributed by atoms with E-state index in [-0.39, 0.29) is 0 Å². The predicted octanol–water partition coefficient (Wildman–Crippen LogP) is 4.09. The second kappa shape index (κ2) is 4.33. The molecular weight excluding hydrogens is 229 g/mol. The molecule has 1 atom stereocenters. The fourth-order valence-corrected chi connectivity index (χ4v) is 1.63. The van der Waals surface area contributed by atoms with Crippen molar-refractivity contribution in [2.24, 2.45) is 5.41 Å². The van der Waals surface area contributed by atoms with Crippen molar-refractivity contribution in [3.8, 4) is 0 Å². The molecule has 1 N–H and O–H groups in total. The van der Waals surface area contributed by atoms with Crippen molar-refractivity contribution < 1.29 is 18.3 Å². The first-order valence-corrected chi connectivity index (χ1v) is 5.39. The third kappa shape index (κ3) is 3.22. The van der Waals surface area contributed by atoms with E-state index in [0.29, 0.717) is 11.1 Å². The number of halogens is 3. The minimum Gasteiger partial charge on any atom is -0.388 e. The van der Waals surface area contributed by atoms with Crippen molar-refractivity contribution in [2.45, 2.75) is 40.0 Å². The van der Waals surface area contributed by atoms with Gasteiger partial charge in [0.25, 0.3) is 0 Å². The number of aliphatic hydroxyl groups is 1. The summed E-state index contributed by atoms with van der Waals surface area (Å²) in [6.07, 6.45) is -5.11. The highest BCUT2D eigenvalue weighted by Gasteiger charge is 2.32. The van der Waals surface area contributed by atoms with Crippen LogP contribution in [0.15, 0.2) is 18.2 Å². The zero-order valence-electron chi connectivity index (χ0n) is 10.4. The molecule has 1 nitrogen and oxygen atoms in total. The predicted molar refractivity (Wildman–Crippen MR) is 60.6 cm³/mol. The maximum Gasteiger partial charge on any atom is 0.416 e. The van der Waals surface area contributed by atoms with E-state index in [9.17, 15) is 18.3 Å². The fourth-order valence-electron chi connectivity index (χ4n) is 1.63. The molecule has 1 aromatic carbocycles. The van der Waals surface area contributed by atoms with Crippen molar-refractivity contribution in [1.82, 2.24) is 0 Å². The summed E-state index contributed by atoms with van der Waals surface area (Å²) in [4.78, 5) is 0. The summed E-state index contributed by atoms with van der Waals surface area (Å²) in [6.45, 7) is 7.11. The lowest BCUT2D eigenvalue weighted by Crippen LogP contribution is -2.19. The lowest BCUT2D eigenvalue weighted by Gasteiger charge is -2.27. The fraction of sp³-hybridized carbons (Fsp3) is 0.538. The lowest BCUT2D eigenvalue weighted by molar-refractivity contribution is -0.137. The second-order valence-electron chi connectivity index (χ2n) is 5.34. The molecule has 0 fully saturated rings. The van der Waals surface area contributed by atoms with Crippen LogP contribution in [0.1, 0.15) is 43.6 Å². The van der Waals surface area contributed by atoms with Gasteiger partial charge in [-0.1, -0.05) is 26.8 Å². The van der Waals surface area contributed by atoms with Crippen LogP contribution in [0.2, 0.25) is 0 Å². The average molecular weight is 246 g/mol. The average Bonchev–Trinajstić information content (AvgIpc) is 2.13. The topological polar surface area (TPSA) is 20.2 Å². The summed E-state index contributed by atoms with van der Waals surface area (Å²) in [5.74, 6) is 0. The third-order valence-corrected chi connectivity index (χ3v) is 2.71. The van der Waals surface area contributed by atoms with Gasteiger partial charge < -0.3 is 5.11 Å². The number of rotatable bonds is 1. The van der Waals surface area contributed by atoms with Crippen LogP contribution in [0.3, 0.4) is 0 Å². The highest BCUT2D eigenvalue weighted by atomic mass is 19.4. The van der Waals surface area contributed by atoms with Crippen LogP contribution in [0.25, 0.3) is 0 Å². The van der Waals surface area contributed by atoms with E-state index < -0.39 is 23.3 Å². The monoisotopic (exact) mass is 246 g/mol. The molecule has 1 aromatic rings. The molecule has 0 aliphatic carbocycles. The zero-order valence-corrected chi connectivity index (χ0v) is 10.4. The van der Waals surface area contributed by atoms with Crippen LogP contribution in [-0.4, -0.2) is 5.11 Å². The van der Waals surface area contributed by atoms with E-state index in [1.165, 1.54) is 6.07 Å².